The van der Waals surface area contributed by atoms with Crippen molar-refractivity contribution in [1.29, 1.82) is 0 Å². The summed E-state index contributed by atoms with van der Waals surface area (Å²) in [4.78, 5) is 0. The molecule has 94 valence electrons. The maximum absolute atomic E-state index is 13.7. The Bertz CT molecular complexity index is 551. The summed E-state index contributed by atoms with van der Waals surface area (Å²) in [6, 6.07) is 10.6. The van der Waals surface area contributed by atoms with Gasteiger partial charge in [0.05, 0.1) is 0 Å². The molecule has 2 N–H and O–H groups in total. The first-order valence-corrected chi connectivity index (χ1v) is 6.29. The van der Waals surface area contributed by atoms with Crippen molar-refractivity contribution in [2.45, 2.75) is 13.5 Å². The minimum Gasteiger partial charge on any atom is -0.486 e. The predicted molar refractivity (Wildman–Crippen MR) is 74.0 cm³/mol. The van der Waals surface area contributed by atoms with Gasteiger partial charge in [-0.25, -0.2) is 4.39 Å². The second-order valence-corrected chi connectivity index (χ2v) is 4.84. The van der Waals surface area contributed by atoms with Gasteiger partial charge in [-0.05, 0) is 30.7 Å². The molecule has 0 radical (unpaired) electrons. The molecule has 0 atom stereocenters. The molecule has 0 saturated carbocycles. The van der Waals surface area contributed by atoms with E-state index in [9.17, 15) is 4.39 Å². The molecule has 0 heterocycles. The highest BCUT2D eigenvalue weighted by molar-refractivity contribution is 9.10. The van der Waals surface area contributed by atoms with Gasteiger partial charge >= 0.3 is 0 Å². The van der Waals surface area contributed by atoms with E-state index in [1.165, 1.54) is 0 Å². The van der Waals surface area contributed by atoms with E-state index in [1.807, 2.05) is 12.1 Å². The lowest BCUT2D eigenvalue weighted by molar-refractivity contribution is 0.289. The Balaban J connectivity index is 2.19. The van der Waals surface area contributed by atoms with Crippen LogP contribution in [0.2, 0.25) is 0 Å². The molecule has 0 fully saturated rings. The Labute approximate surface area is 114 Å². The van der Waals surface area contributed by atoms with Crippen LogP contribution in [0, 0.1) is 12.7 Å². The molecule has 2 aromatic rings. The van der Waals surface area contributed by atoms with Gasteiger partial charge in [0, 0.05) is 15.7 Å². The molecule has 0 bridgehead atoms. The third-order valence-corrected chi connectivity index (χ3v) is 3.43. The van der Waals surface area contributed by atoms with Gasteiger partial charge < -0.3 is 10.5 Å². The molecule has 2 rings (SSSR count). The van der Waals surface area contributed by atoms with Crippen LogP contribution in [0.25, 0.3) is 0 Å². The normalized spacial score (nSPS) is 10.4. The highest BCUT2D eigenvalue weighted by Crippen LogP contribution is 2.26. The van der Waals surface area contributed by atoms with Crippen molar-refractivity contribution in [1.82, 2.24) is 0 Å². The number of hydrogen-bond donors (Lipinski definition) is 1. The third-order valence-electron chi connectivity index (χ3n) is 2.68. The number of aryl methyl sites for hydroxylation is 1. The first kappa shape index (κ1) is 12.9. The number of halogens is 2. The molecule has 0 saturated heterocycles. The van der Waals surface area contributed by atoms with Gasteiger partial charge in [-0.15, -0.1) is 0 Å². The van der Waals surface area contributed by atoms with E-state index in [2.05, 4.69) is 15.9 Å². The maximum atomic E-state index is 13.7. The van der Waals surface area contributed by atoms with Gasteiger partial charge in [-0.2, -0.15) is 0 Å². The summed E-state index contributed by atoms with van der Waals surface area (Å²) in [5.41, 5.74) is 7.85. The highest BCUT2D eigenvalue weighted by atomic mass is 79.9. The maximum Gasteiger partial charge on any atom is 0.167 e. The SMILES string of the molecule is Cc1cccc(OCc2c(N)cccc2Br)c1F. The van der Waals surface area contributed by atoms with Gasteiger partial charge in [-0.3, -0.25) is 0 Å². The Morgan fingerprint density at radius 1 is 1.22 bits per heavy atom. The molecule has 0 aromatic heterocycles. The van der Waals surface area contributed by atoms with Crippen LogP contribution in [0.15, 0.2) is 40.9 Å². The standard InChI is InChI=1S/C14H13BrFNO/c1-9-4-2-7-13(14(9)16)18-8-10-11(15)5-3-6-12(10)17/h2-7H,8,17H2,1H3. The lowest BCUT2D eigenvalue weighted by atomic mass is 10.2. The zero-order chi connectivity index (χ0) is 13.1. The molecular formula is C14H13BrFNO. The van der Waals surface area contributed by atoms with Crippen molar-refractivity contribution in [3.05, 3.63) is 57.8 Å². The van der Waals surface area contributed by atoms with Crippen molar-refractivity contribution in [2.24, 2.45) is 0 Å². The number of anilines is 1. The van der Waals surface area contributed by atoms with E-state index >= 15 is 0 Å². The fourth-order valence-electron chi connectivity index (χ4n) is 1.61. The molecule has 4 heteroatoms. The summed E-state index contributed by atoms with van der Waals surface area (Å²) >= 11 is 3.40. The van der Waals surface area contributed by atoms with Crippen molar-refractivity contribution >= 4 is 21.6 Å². The second-order valence-electron chi connectivity index (χ2n) is 3.98. The number of nitrogens with two attached hydrogens (primary N) is 1. The van der Waals surface area contributed by atoms with Crippen LogP contribution in [-0.4, -0.2) is 0 Å². The van der Waals surface area contributed by atoms with Crippen LogP contribution < -0.4 is 10.5 Å². The Morgan fingerprint density at radius 2 is 1.94 bits per heavy atom. The Hall–Kier alpha value is -1.55. The van der Waals surface area contributed by atoms with Crippen molar-refractivity contribution in [3.8, 4) is 5.75 Å². The molecule has 0 amide bonds. The topological polar surface area (TPSA) is 35.2 Å². The molecule has 2 nitrogen and oxygen atoms in total. The third kappa shape index (κ3) is 2.64. The summed E-state index contributed by atoms with van der Waals surface area (Å²) < 4.78 is 20.1. The zero-order valence-corrected chi connectivity index (χ0v) is 11.5. The van der Waals surface area contributed by atoms with E-state index in [-0.39, 0.29) is 18.2 Å². The van der Waals surface area contributed by atoms with E-state index in [1.54, 1.807) is 31.2 Å². The second kappa shape index (κ2) is 5.40. The average molecular weight is 310 g/mol. The Kier molecular flexibility index (Phi) is 3.87. The van der Waals surface area contributed by atoms with E-state index < -0.39 is 0 Å². The summed E-state index contributed by atoms with van der Waals surface area (Å²) in [5, 5.41) is 0. The van der Waals surface area contributed by atoms with Gasteiger partial charge in [0.15, 0.2) is 11.6 Å². The average Bonchev–Trinajstić information content (AvgIpc) is 2.33. The van der Waals surface area contributed by atoms with Crippen LogP contribution in [0.4, 0.5) is 10.1 Å². The minimum atomic E-state index is -0.330. The van der Waals surface area contributed by atoms with Crippen molar-refractivity contribution in [3.63, 3.8) is 0 Å². The smallest absolute Gasteiger partial charge is 0.167 e. The lowest BCUT2D eigenvalue weighted by Crippen LogP contribution is -2.02. The van der Waals surface area contributed by atoms with E-state index in [4.69, 9.17) is 10.5 Å². The number of hydrogen-bond acceptors (Lipinski definition) is 2. The van der Waals surface area contributed by atoms with Crippen LogP contribution >= 0.6 is 15.9 Å². The molecular weight excluding hydrogens is 297 g/mol. The fourth-order valence-corrected chi connectivity index (χ4v) is 2.11. The molecule has 0 aliphatic rings. The summed E-state index contributed by atoms with van der Waals surface area (Å²) in [6.45, 7) is 1.93. The van der Waals surface area contributed by atoms with Gasteiger partial charge in [0.25, 0.3) is 0 Å². The van der Waals surface area contributed by atoms with Crippen LogP contribution in [-0.2, 0) is 6.61 Å². The van der Waals surface area contributed by atoms with E-state index in [0.717, 1.165) is 10.0 Å². The lowest BCUT2D eigenvalue weighted by Gasteiger charge is -2.11. The quantitative estimate of drug-likeness (QED) is 0.868. The predicted octanol–water partition coefficient (Wildman–Crippen LogP) is 4.06. The molecule has 2 aromatic carbocycles. The first-order chi connectivity index (χ1) is 8.59. The monoisotopic (exact) mass is 309 g/mol. The largest absolute Gasteiger partial charge is 0.486 e. The van der Waals surface area contributed by atoms with Crippen molar-refractivity contribution in [2.75, 3.05) is 5.73 Å². The van der Waals surface area contributed by atoms with Gasteiger partial charge in [-0.1, -0.05) is 34.1 Å². The summed E-state index contributed by atoms with van der Waals surface area (Å²) in [6.07, 6.45) is 0. The Morgan fingerprint density at radius 3 is 2.67 bits per heavy atom. The van der Waals surface area contributed by atoms with Crippen LogP contribution in [0.5, 0.6) is 5.75 Å². The van der Waals surface area contributed by atoms with Crippen molar-refractivity contribution < 1.29 is 9.13 Å². The number of rotatable bonds is 3. The summed E-state index contributed by atoms with van der Waals surface area (Å²) in [7, 11) is 0. The van der Waals surface area contributed by atoms with Gasteiger partial charge in [0.1, 0.15) is 6.61 Å². The van der Waals surface area contributed by atoms with Gasteiger partial charge in [0.2, 0.25) is 0 Å². The van der Waals surface area contributed by atoms with Crippen LogP contribution in [0.1, 0.15) is 11.1 Å². The minimum absolute atomic E-state index is 0.230. The molecule has 0 aliphatic heterocycles. The highest BCUT2D eigenvalue weighted by Gasteiger charge is 2.09. The van der Waals surface area contributed by atoms with E-state index in [0.29, 0.717) is 11.3 Å². The molecule has 0 unspecified atom stereocenters. The fraction of sp³-hybridized carbons (Fsp3) is 0.143. The number of nitrogen functional groups attached to an aromatic ring is 1. The molecule has 0 aliphatic carbocycles. The first-order valence-electron chi connectivity index (χ1n) is 5.50. The summed E-state index contributed by atoms with van der Waals surface area (Å²) in [5.74, 6) is -0.0896. The molecule has 0 spiro atoms. The zero-order valence-electron chi connectivity index (χ0n) is 9.91. The molecule has 18 heavy (non-hydrogen) atoms. The number of ether oxygens (including phenoxy) is 1. The number of benzene rings is 2. The van der Waals surface area contributed by atoms with Crippen LogP contribution in [0.3, 0.4) is 0 Å².